The summed E-state index contributed by atoms with van der Waals surface area (Å²) in [5, 5.41) is 2.65. The van der Waals surface area contributed by atoms with Crippen molar-refractivity contribution >= 4 is 28.8 Å². The zero-order valence-electron chi connectivity index (χ0n) is 13.0. The number of carbonyl (C=O) groups excluding carboxylic acids is 1. The molecule has 3 aromatic rings. The number of rotatable bonds is 2. The average Bonchev–Trinajstić information content (AvgIpc) is 3.16. The molecule has 24 heavy (non-hydrogen) atoms. The van der Waals surface area contributed by atoms with Crippen molar-refractivity contribution in [1.82, 2.24) is 4.90 Å². The van der Waals surface area contributed by atoms with Crippen LogP contribution in [0, 0.1) is 0 Å². The van der Waals surface area contributed by atoms with Gasteiger partial charge in [0.1, 0.15) is 0 Å². The highest BCUT2D eigenvalue weighted by molar-refractivity contribution is 7.12. The van der Waals surface area contributed by atoms with Gasteiger partial charge in [-0.05, 0) is 46.7 Å². The van der Waals surface area contributed by atoms with Crippen LogP contribution in [0.5, 0.6) is 0 Å². The van der Waals surface area contributed by atoms with E-state index in [1.165, 1.54) is 22.5 Å². The summed E-state index contributed by atoms with van der Waals surface area (Å²) in [7, 11) is 0. The third kappa shape index (κ3) is 2.74. The predicted molar refractivity (Wildman–Crippen MR) is 98.8 cm³/mol. The first-order valence-electron chi connectivity index (χ1n) is 7.92. The Bertz CT molecular complexity index is 858. The molecule has 0 bridgehead atoms. The van der Waals surface area contributed by atoms with Crippen LogP contribution in [0.3, 0.4) is 0 Å². The van der Waals surface area contributed by atoms with Gasteiger partial charge in [0.05, 0.1) is 10.9 Å². The van der Waals surface area contributed by atoms with E-state index < -0.39 is 0 Å². The Morgan fingerprint density at radius 1 is 1.04 bits per heavy atom. The normalized spacial score (nSPS) is 16.7. The number of fused-ring (bicyclic) bond motifs is 1. The second-order valence-electron chi connectivity index (χ2n) is 5.88. The molecule has 0 fully saturated rings. The fourth-order valence-electron chi connectivity index (χ4n) is 3.33. The molecule has 1 aliphatic heterocycles. The Balaban J connectivity index is 1.81. The molecule has 1 aromatic heterocycles. The van der Waals surface area contributed by atoms with Crippen LogP contribution in [-0.2, 0) is 6.42 Å². The SMILES string of the molecule is O=C(c1cccs1)N1CCc2ccccc2C1c1ccc(Cl)cc1. The number of hydrogen-bond acceptors (Lipinski definition) is 2. The lowest BCUT2D eigenvalue weighted by atomic mass is 9.88. The summed E-state index contributed by atoms with van der Waals surface area (Å²) in [4.78, 5) is 15.8. The zero-order chi connectivity index (χ0) is 16.5. The van der Waals surface area contributed by atoms with E-state index in [2.05, 4.69) is 18.2 Å². The van der Waals surface area contributed by atoms with Crippen LogP contribution in [-0.4, -0.2) is 17.4 Å². The number of thiophene rings is 1. The second kappa shape index (κ2) is 6.42. The molecule has 4 rings (SSSR count). The number of amides is 1. The van der Waals surface area contributed by atoms with Gasteiger partial charge >= 0.3 is 0 Å². The van der Waals surface area contributed by atoms with Gasteiger partial charge in [0, 0.05) is 11.6 Å². The van der Waals surface area contributed by atoms with Crippen LogP contribution in [0.25, 0.3) is 0 Å². The Hall–Kier alpha value is -2.10. The molecule has 1 amide bonds. The van der Waals surface area contributed by atoms with E-state index in [0.717, 1.165) is 23.4 Å². The quantitative estimate of drug-likeness (QED) is 0.621. The smallest absolute Gasteiger partial charge is 0.264 e. The van der Waals surface area contributed by atoms with Crippen LogP contribution in [0.1, 0.15) is 32.4 Å². The lowest BCUT2D eigenvalue weighted by molar-refractivity contribution is 0.0699. The molecule has 1 unspecified atom stereocenters. The monoisotopic (exact) mass is 353 g/mol. The molecule has 0 radical (unpaired) electrons. The molecule has 4 heteroatoms. The molecule has 2 heterocycles. The summed E-state index contributed by atoms with van der Waals surface area (Å²) < 4.78 is 0. The molecule has 1 aliphatic rings. The molecule has 0 spiro atoms. The summed E-state index contributed by atoms with van der Waals surface area (Å²) in [5.41, 5.74) is 3.61. The Morgan fingerprint density at radius 2 is 1.83 bits per heavy atom. The van der Waals surface area contributed by atoms with E-state index in [1.807, 2.05) is 52.7 Å². The topological polar surface area (TPSA) is 20.3 Å². The second-order valence-corrected chi connectivity index (χ2v) is 7.26. The largest absolute Gasteiger partial charge is 0.326 e. The highest BCUT2D eigenvalue weighted by Crippen LogP contribution is 2.36. The molecular formula is C20H16ClNOS. The maximum absolute atomic E-state index is 13.0. The van der Waals surface area contributed by atoms with Crippen LogP contribution in [0.2, 0.25) is 5.02 Å². The van der Waals surface area contributed by atoms with Crippen LogP contribution >= 0.6 is 22.9 Å². The van der Waals surface area contributed by atoms with E-state index in [1.54, 1.807) is 0 Å². The minimum atomic E-state index is -0.0678. The van der Waals surface area contributed by atoms with Crippen molar-refractivity contribution < 1.29 is 4.79 Å². The van der Waals surface area contributed by atoms with Crippen molar-refractivity contribution in [2.45, 2.75) is 12.5 Å². The molecule has 0 N–H and O–H groups in total. The van der Waals surface area contributed by atoms with Gasteiger partial charge in [0.15, 0.2) is 0 Å². The summed E-state index contributed by atoms with van der Waals surface area (Å²) in [5.74, 6) is 0.0967. The van der Waals surface area contributed by atoms with Crippen molar-refractivity contribution in [3.05, 3.63) is 92.6 Å². The maximum Gasteiger partial charge on any atom is 0.264 e. The van der Waals surface area contributed by atoms with E-state index in [4.69, 9.17) is 11.6 Å². The number of hydrogen-bond donors (Lipinski definition) is 0. The predicted octanol–water partition coefficient (Wildman–Crippen LogP) is 5.19. The summed E-state index contributed by atoms with van der Waals surface area (Å²) in [6.07, 6.45) is 0.886. The van der Waals surface area contributed by atoms with Gasteiger partial charge in [-0.15, -0.1) is 11.3 Å². The molecule has 0 saturated heterocycles. The van der Waals surface area contributed by atoms with E-state index in [9.17, 15) is 4.79 Å². The van der Waals surface area contributed by atoms with E-state index in [0.29, 0.717) is 5.02 Å². The Kier molecular flexibility index (Phi) is 4.13. The zero-order valence-corrected chi connectivity index (χ0v) is 14.6. The maximum atomic E-state index is 13.0. The number of benzene rings is 2. The first-order valence-corrected chi connectivity index (χ1v) is 9.17. The van der Waals surface area contributed by atoms with E-state index in [-0.39, 0.29) is 11.9 Å². The minimum absolute atomic E-state index is 0.0678. The molecule has 1 atom stereocenters. The highest BCUT2D eigenvalue weighted by atomic mass is 35.5. The number of nitrogens with zero attached hydrogens (tertiary/aromatic N) is 1. The molecule has 0 saturated carbocycles. The molecule has 2 nitrogen and oxygen atoms in total. The highest BCUT2D eigenvalue weighted by Gasteiger charge is 2.32. The molecule has 0 aliphatic carbocycles. The average molecular weight is 354 g/mol. The van der Waals surface area contributed by atoms with Crippen molar-refractivity contribution in [3.8, 4) is 0 Å². The van der Waals surface area contributed by atoms with Crippen LogP contribution < -0.4 is 0 Å². The molecule has 2 aromatic carbocycles. The number of carbonyl (C=O) groups is 1. The lowest BCUT2D eigenvalue weighted by Gasteiger charge is -2.37. The first kappa shape index (κ1) is 15.4. The minimum Gasteiger partial charge on any atom is -0.326 e. The van der Waals surface area contributed by atoms with Gasteiger partial charge in [0.2, 0.25) is 0 Å². The standard InChI is InChI=1S/C20H16ClNOS/c21-16-9-7-15(8-10-16)19-17-5-2-1-4-14(17)11-12-22(19)20(23)18-6-3-13-24-18/h1-10,13,19H,11-12H2. The van der Waals surface area contributed by atoms with Crippen molar-refractivity contribution in [2.24, 2.45) is 0 Å². The fourth-order valence-corrected chi connectivity index (χ4v) is 4.14. The Labute approximate surface area is 150 Å². The van der Waals surface area contributed by atoms with Crippen molar-refractivity contribution in [2.75, 3.05) is 6.54 Å². The first-order chi connectivity index (χ1) is 11.7. The van der Waals surface area contributed by atoms with Gasteiger partial charge < -0.3 is 4.90 Å². The molecule has 120 valence electrons. The third-order valence-electron chi connectivity index (χ3n) is 4.46. The third-order valence-corrected chi connectivity index (χ3v) is 5.57. The van der Waals surface area contributed by atoms with Crippen molar-refractivity contribution in [3.63, 3.8) is 0 Å². The van der Waals surface area contributed by atoms with Gasteiger partial charge in [0.25, 0.3) is 5.91 Å². The lowest BCUT2D eigenvalue weighted by Crippen LogP contribution is -2.40. The summed E-state index contributed by atoms with van der Waals surface area (Å²) in [6.45, 7) is 0.723. The molecular weight excluding hydrogens is 338 g/mol. The number of halogens is 1. The fraction of sp³-hybridized carbons (Fsp3) is 0.150. The van der Waals surface area contributed by atoms with Crippen LogP contribution in [0.4, 0.5) is 0 Å². The van der Waals surface area contributed by atoms with Crippen molar-refractivity contribution in [1.29, 1.82) is 0 Å². The van der Waals surface area contributed by atoms with E-state index >= 15 is 0 Å². The van der Waals surface area contributed by atoms with Gasteiger partial charge in [-0.3, -0.25) is 4.79 Å². The summed E-state index contributed by atoms with van der Waals surface area (Å²) in [6, 6.07) is 20.0. The summed E-state index contributed by atoms with van der Waals surface area (Å²) >= 11 is 7.55. The Morgan fingerprint density at radius 3 is 2.58 bits per heavy atom. The van der Waals surface area contributed by atoms with Gasteiger partial charge in [-0.2, -0.15) is 0 Å². The van der Waals surface area contributed by atoms with Gasteiger partial charge in [-0.25, -0.2) is 0 Å². The van der Waals surface area contributed by atoms with Crippen LogP contribution in [0.15, 0.2) is 66.0 Å². The van der Waals surface area contributed by atoms with Gasteiger partial charge in [-0.1, -0.05) is 54.1 Å².